The third-order valence-corrected chi connectivity index (χ3v) is 15.0. The van der Waals surface area contributed by atoms with Gasteiger partial charge in [-0.25, -0.2) is 0 Å². The Labute approximate surface area is 315 Å². The largest absolute Gasteiger partial charge is 0.378 e. The van der Waals surface area contributed by atoms with Crippen molar-refractivity contribution in [1.82, 2.24) is 5.32 Å². The summed E-state index contributed by atoms with van der Waals surface area (Å²) in [6, 6.07) is 0. The summed E-state index contributed by atoms with van der Waals surface area (Å²) in [4.78, 5) is 0. The molecule has 51 heavy (non-hydrogen) atoms. The topological polar surface area (TPSA) is 118 Å². The Morgan fingerprint density at radius 1 is 0.667 bits per heavy atom. The van der Waals surface area contributed by atoms with E-state index in [2.05, 4.69) is 33.0 Å². The highest BCUT2D eigenvalue weighted by molar-refractivity contribution is 5.15. The highest BCUT2D eigenvalue weighted by Gasteiger charge is 2.66. The van der Waals surface area contributed by atoms with Gasteiger partial charge in [0, 0.05) is 25.2 Å². The van der Waals surface area contributed by atoms with Crippen LogP contribution in [0, 0.1) is 46.3 Å². The maximum Gasteiger partial charge on any atom is 0.0637 e. The van der Waals surface area contributed by atoms with E-state index in [9.17, 15) is 0 Å². The molecule has 0 radical (unpaired) electrons. The summed E-state index contributed by atoms with van der Waals surface area (Å²) in [6.07, 6.45) is 27.6. The van der Waals surface area contributed by atoms with Gasteiger partial charge in [-0.2, -0.15) is 0 Å². The third kappa shape index (κ3) is 11.6. The van der Waals surface area contributed by atoms with Crippen LogP contribution in [-0.4, -0.2) is 70.9 Å². The van der Waals surface area contributed by atoms with E-state index in [1.54, 1.807) is 0 Å². The zero-order valence-electron chi connectivity index (χ0n) is 34.2. The molecular formula is C44H86N4O3. The van der Waals surface area contributed by atoms with Gasteiger partial charge in [-0.3, -0.25) is 0 Å². The molecule has 0 amide bonds. The van der Waals surface area contributed by atoms with Crippen LogP contribution in [0.1, 0.15) is 163 Å². The lowest BCUT2D eigenvalue weighted by atomic mass is 9.43. The Balaban J connectivity index is 1.38. The van der Waals surface area contributed by atoms with Gasteiger partial charge in [-0.05, 0) is 157 Å². The molecule has 3 unspecified atom stereocenters. The molecule has 0 aromatic carbocycles. The summed E-state index contributed by atoms with van der Waals surface area (Å²) in [5, 5.41) is 3.80. The van der Waals surface area contributed by atoms with E-state index in [0.717, 1.165) is 52.0 Å². The average molecular weight is 719 g/mol. The summed E-state index contributed by atoms with van der Waals surface area (Å²) < 4.78 is 20.4. The van der Waals surface area contributed by atoms with E-state index in [1.807, 2.05) is 0 Å². The molecule has 0 saturated heterocycles. The molecule has 7 heteroatoms. The zero-order valence-corrected chi connectivity index (χ0v) is 34.2. The summed E-state index contributed by atoms with van der Waals surface area (Å²) in [7, 11) is 0. The van der Waals surface area contributed by atoms with E-state index >= 15 is 0 Å². The Kier molecular flexibility index (Phi) is 19.5. The molecule has 0 heterocycles. The second-order valence-electron chi connectivity index (χ2n) is 18.2. The fraction of sp³-hybridized carbons (Fsp3) is 1.00. The normalized spacial score (nSPS) is 35.4. The molecule has 0 aromatic heterocycles. The van der Waals surface area contributed by atoms with Crippen LogP contribution in [0.25, 0.3) is 0 Å². The lowest BCUT2D eigenvalue weighted by Crippen LogP contribution is -2.63. The van der Waals surface area contributed by atoms with E-state index in [1.165, 1.54) is 116 Å². The number of rotatable bonds is 27. The van der Waals surface area contributed by atoms with Crippen LogP contribution in [-0.2, 0) is 14.2 Å². The highest BCUT2D eigenvalue weighted by Crippen LogP contribution is 2.69. The lowest BCUT2D eigenvalue weighted by molar-refractivity contribution is -0.227. The predicted molar refractivity (Wildman–Crippen MR) is 215 cm³/mol. The second kappa shape index (κ2) is 22.9. The van der Waals surface area contributed by atoms with Crippen molar-refractivity contribution < 1.29 is 14.2 Å². The number of nitrogens with two attached hydrogens (primary N) is 3. The van der Waals surface area contributed by atoms with Crippen molar-refractivity contribution in [3.8, 4) is 0 Å². The van der Waals surface area contributed by atoms with Crippen LogP contribution in [0.4, 0.5) is 0 Å². The van der Waals surface area contributed by atoms with E-state index in [-0.39, 0.29) is 5.41 Å². The maximum atomic E-state index is 7.05. The molecule has 7 N–H and O–H groups in total. The van der Waals surface area contributed by atoms with Gasteiger partial charge in [-0.15, -0.1) is 0 Å². The summed E-state index contributed by atoms with van der Waals surface area (Å²) in [5.74, 6) is 3.92. The van der Waals surface area contributed by atoms with Crippen LogP contribution in [0.15, 0.2) is 0 Å². The SMILES string of the molecule is CCCCCCCCCCCNCCC[C@@H](C)[C@H]1CC[C@H]2C3[C@H](OCCCN)CC4C[C@H](OCCCN)CCC4(C)[C@H]3C[C@H](OCCCN)[C@]12C. The smallest absolute Gasteiger partial charge is 0.0637 e. The average Bonchev–Trinajstić information content (AvgIpc) is 3.49. The fourth-order valence-electron chi connectivity index (χ4n) is 12.0. The van der Waals surface area contributed by atoms with Crippen molar-refractivity contribution in [2.45, 2.75) is 181 Å². The Morgan fingerprint density at radius 3 is 1.98 bits per heavy atom. The Bertz CT molecular complexity index is 925. The summed E-state index contributed by atoms with van der Waals surface area (Å²) in [5.41, 5.74) is 18.3. The first-order valence-corrected chi connectivity index (χ1v) is 22.5. The maximum absolute atomic E-state index is 7.05. The summed E-state index contributed by atoms with van der Waals surface area (Å²) >= 11 is 0. The minimum Gasteiger partial charge on any atom is -0.378 e. The number of fused-ring (bicyclic) bond motifs is 5. The van der Waals surface area contributed by atoms with Crippen molar-refractivity contribution in [3.63, 3.8) is 0 Å². The quantitative estimate of drug-likeness (QED) is 0.0629. The van der Waals surface area contributed by atoms with Gasteiger partial charge in [0.25, 0.3) is 0 Å². The molecular weight excluding hydrogens is 633 g/mol. The molecule has 4 aliphatic rings. The monoisotopic (exact) mass is 719 g/mol. The zero-order chi connectivity index (χ0) is 36.5. The van der Waals surface area contributed by atoms with Gasteiger partial charge >= 0.3 is 0 Å². The van der Waals surface area contributed by atoms with E-state index in [4.69, 9.17) is 31.4 Å². The first-order chi connectivity index (χ1) is 24.8. The summed E-state index contributed by atoms with van der Waals surface area (Å²) in [6.45, 7) is 17.0. The van der Waals surface area contributed by atoms with Crippen LogP contribution in [0.3, 0.4) is 0 Å². The predicted octanol–water partition coefficient (Wildman–Crippen LogP) is 8.60. The van der Waals surface area contributed by atoms with Crippen LogP contribution in [0.2, 0.25) is 0 Å². The molecule has 4 saturated carbocycles. The lowest BCUT2D eigenvalue weighted by Gasteiger charge is -2.65. The van der Waals surface area contributed by atoms with Gasteiger partial charge in [0.2, 0.25) is 0 Å². The standard InChI is InChI=1S/C44H86N4O3/c1-5-6-7-8-9-10-11-12-13-26-48-27-14-18-34(2)37-19-20-38-42-39(33-41(44(37,38)4)51-30-17-25-47)43(3)22-21-36(49-28-15-23-45)31-35(43)32-40(42)50-29-16-24-46/h34-42,48H,5-33,45-47H2,1-4H3/t34-,35?,36-,37-,38+,39+,40-,41+,42?,43?,44-/m1/s1. The Hall–Kier alpha value is -0.280. The third-order valence-electron chi connectivity index (χ3n) is 15.0. The van der Waals surface area contributed by atoms with Gasteiger partial charge < -0.3 is 36.7 Å². The molecule has 300 valence electrons. The van der Waals surface area contributed by atoms with Crippen molar-refractivity contribution in [2.24, 2.45) is 63.5 Å². The first-order valence-electron chi connectivity index (χ1n) is 22.5. The van der Waals surface area contributed by atoms with Gasteiger partial charge in [0.05, 0.1) is 18.3 Å². The molecule has 7 nitrogen and oxygen atoms in total. The van der Waals surface area contributed by atoms with Crippen molar-refractivity contribution in [3.05, 3.63) is 0 Å². The molecule has 0 spiro atoms. The van der Waals surface area contributed by atoms with Gasteiger partial charge in [-0.1, -0.05) is 79.1 Å². The molecule has 4 aliphatic carbocycles. The number of hydrogen-bond donors (Lipinski definition) is 4. The van der Waals surface area contributed by atoms with Gasteiger partial charge in [0.15, 0.2) is 0 Å². The molecule has 0 aliphatic heterocycles. The number of nitrogens with one attached hydrogen (secondary N) is 1. The van der Waals surface area contributed by atoms with Gasteiger partial charge in [0.1, 0.15) is 0 Å². The number of ether oxygens (including phenoxy) is 3. The number of unbranched alkanes of at least 4 members (excludes halogenated alkanes) is 8. The fourth-order valence-corrected chi connectivity index (χ4v) is 12.0. The molecule has 0 aromatic rings. The molecule has 4 fully saturated rings. The minimum atomic E-state index is 0.181. The first kappa shape index (κ1) is 43.4. The minimum absolute atomic E-state index is 0.181. The Morgan fingerprint density at radius 2 is 1.29 bits per heavy atom. The van der Waals surface area contributed by atoms with E-state index < -0.39 is 0 Å². The van der Waals surface area contributed by atoms with Crippen molar-refractivity contribution in [1.29, 1.82) is 0 Å². The highest BCUT2D eigenvalue weighted by atomic mass is 16.5. The molecule has 4 rings (SSSR count). The molecule has 11 atom stereocenters. The van der Waals surface area contributed by atoms with Crippen LogP contribution < -0.4 is 22.5 Å². The molecule has 0 bridgehead atoms. The van der Waals surface area contributed by atoms with Crippen molar-refractivity contribution >= 4 is 0 Å². The van der Waals surface area contributed by atoms with Crippen LogP contribution >= 0.6 is 0 Å². The van der Waals surface area contributed by atoms with E-state index in [0.29, 0.717) is 78.9 Å². The second-order valence-corrected chi connectivity index (χ2v) is 18.2. The van der Waals surface area contributed by atoms with Crippen LogP contribution in [0.5, 0.6) is 0 Å². The number of hydrogen-bond acceptors (Lipinski definition) is 7. The van der Waals surface area contributed by atoms with Crippen molar-refractivity contribution in [2.75, 3.05) is 52.5 Å².